The molecule has 158 valence electrons. The number of alkyl halides is 3. The van der Waals surface area contributed by atoms with Crippen LogP contribution >= 0.6 is 11.6 Å². The van der Waals surface area contributed by atoms with Crippen LogP contribution in [-0.2, 0) is 6.18 Å². The van der Waals surface area contributed by atoms with Gasteiger partial charge in [-0.15, -0.1) is 0 Å². The van der Waals surface area contributed by atoms with Gasteiger partial charge < -0.3 is 10.6 Å². The number of carbonyl (C=O) groups is 1. The van der Waals surface area contributed by atoms with Gasteiger partial charge in [-0.05, 0) is 31.5 Å². The van der Waals surface area contributed by atoms with Gasteiger partial charge in [0, 0.05) is 24.0 Å². The van der Waals surface area contributed by atoms with Crippen LogP contribution in [0.1, 0.15) is 43.9 Å². The number of hydrogen-bond donors (Lipinski definition) is 3. The predicted molar refractivity (Wildman–Crippen MR) is 108 cm³/mol. The molecule has 1 heterocycles. The van der Waals surface area contributed by atoms with Crippen LogP contribution in [0.15, 0.2) is 24.3 Å². The van der Waals surface area contributed by atoms with Crippen LogP contribution in [0.2, 0.25) is 5.02 Å². The molecule has 0 aliphatic heterocycles. The summed E-state index contributed by atoms with van der Waals surface area (Å²) >= 11 is 5.58. The minimum atomic E-state index is -4.62. The van der Waals surface area contributed by atoms with Gasteiger partial charge in [-0.2, -0.15) is 18.2 Å². The lowest BCUT2D eigenvalue weighted by Gasteiger charge is -2.12. The standard InChI is InChI=1S/C19H23ClF3N5O/c1-3-4-5-6-9-24-16-10-12(2)25-17(27-16)28-18(29)26-13-7-8-15(20)14(11-13)19(21,22)23/h7-8,10-11H,3-6,9H2,1-2H3,(H3,24,25,26,27,28,29). The van der Waals surface area contributed by atoms with Crippen LogP contribution in [0.25, 0.3) is 0 Å². The fourth-order valence-corrected chi connectivity index (χ4v) is 2.79. The first kappa shape index (κ1) is 22.7. The molecule has 2 amide bonds. The first-order valence-electron chi connectivity index (χ1n) is 9.23. The number of hydrogen-bond acceptors (Lipinski definition) is 4. The summed E-state index contributed by atoms with van der Waals surface area (Å²) in [6, 6.07) is 4.10. The summed E-state index contributed by atoms with van der Waals surface area (Å²) in [5, 5.41) is 7.49. The van der Waals surface area contributed by atoms with Crippen LogP contribution in [-0.4, -0.2) is 22.5 Å². The zero-order chi connectivity index (χ0) is 21.4. The molecule has 2 rings (SSSR count). The van der Waals surface area contributed by atoms with Crippen LogP contribution in [0.4, 0.5) is 35.4 Å². The summed E-state index contributed by atoms with van der Waals surface area (Å²) in [4.78, 5) is 20.5. The molecule has 0 unspecified atom stereocenters. The summed E-state index contributed by atoms with van der Waals surface area (Å²) in [7, 11) is 0. The van der Waals surface area contributed by atoms with E-state index in [1.807, 2.05) is 0 Å². The van der Waals surface area contributed by atoms with Gasteiger partial charge in [0.05, 0.1) is 10.6 Å². The number of aromatic nitrogens is 2. The van der Waals surface area contributed by atoms with E-state index in [0.717, 1.165) is 44.4 Å². The number of anilines is 3. The number of carbonyl (C=O) groups excluding carboxylic acids is 1. The number of urea groups is 1. The van der Waals surface area contributed by atoms with Gasteiger partial charge in [-0.3, -0.25) is 5.32 Å². The lowest BCUT2D eigenvalue weighted by atomic mass is 10.2. The number of halogens is 4. The molecule has 0 saturated carbocycles. The highest BCUT2D eigenvalue weighted by molar-refractivity contribution is 6.31. The number of amides is 2. The Morgan fingerprint density at radius 2 is 1.86 bits per heavy atom. The summed E-state index contributed by atoms with van der Waals surface area (Å²) in [6.45, 7) is 4.63. The second-order valence-corrected chi connectivity index (χ2v) is 6.88. The van der Waals surface area contributed by atoms with Crippen molar-refractivity contribution < 1.29 is 18.0 Å². The number of rotatable bonds is 8. The van der Waals surface area contributed by atoms with Gasteiger partial charge in [0.25, 0.3) is 0 Å². The van der Waals surface area contributed by atoms with Crippen molar-refractivity contribution in [1.29, 1.82) is 0 Å². The van der Waals surface area contributed by atoms with Crippen molar-refractivity contribution in [3.05, 3.63) is 40.5 Å². The molecule has 29 heavy (non-hydrogen) atoms. The largest absolute Gasteiger partial charge is 0.417 e. The Kier molecular flexibility index (Phi) is 8.07. The number of aryl methyl sites for hydroxylation is 1. The van der Waals surface area contributed by atoms with E-state index in [1.54, 1.807) is 13.0 Å². The van der Waals surface area contributed by atoms with Gasteiger partial charge in [-0.1, -0.05) is 37.8 Å². The molecule has 0 saturated heterocycles. The van der Waals surface area contributed by atoms with E-state index < -0.39 is 22.8 Å². The van der Waals surface area contributed by atoms with Crippen molar-refractivity contribution in [3.8, 4) is 0 Å². The van der Waals surface area contributed by atoms with Gasteiger partial charge >= 0.3 is 12.2 Å². The molecule has 1 aromatic heterocycles. The van der Waals surface area contributed by atoms with Crippen LogP contribution in [0.3, 0.4) is 0 Å². The summed E-state index contributed by atoms with van der Waals surface area (Å²) < 4.78 is 38.8. The third kappa shape index (κ3) is 7.41. The molecule has 0 spiro atoms. The van der Waals surface area contributed by atoms with Crippen molar-refractivity contribution in [3.63, 3.8) is 0 Å². The molecule has 0 radical (unpaired) electrons. The topological polar surface area (TPSA) is 78.9 Å². The second-order valence-electron chi connectivity index (χ2n) is 6.48. The Bertz CT molecular complexity index is 845. The maximum absolute atomic E-state index is 12.9. The van der Waals surface area contributed by atoms with Crippen LogP contribution in [0.5, 0.6) is 0 Å². The smallest absolute Gasteiger partial charge is 0.370 e. The van der Waals surface area contributed by atoms with Gasteiger partial charge in [0.2, 0.25) is 5.95 Å². The highest BCUT2D eigenvalue weighted by Gasteiger charge is 2.33. The van der Waals surface area contributed by atoms with Crippen LogP contribution < -0.4 is 16.0 Å². The van der Waals surface area contributed by atoms with E-state index in [9.17, 15) is 18.0 Å². The SMILES string of the molecule is CCCCCCNc1cc(C)nc(NC(=O)Nc2ccc(Cl)c(C(F)(F)F)c2)n1. The Balaban J connectivity index is 2.00. The molecular formula is C19H23ClF3N5O. The molecule has 0 fully saturated rings. The van der Waals surface area contributed by atoms with Gasteiger partial charge in [0.1, 0.15) is 5.82 Å². The first-order chi connectivity index (χ1) is 13.7. The minimum absolute atomic E-state index is 0.0450. The molecule has 10 heteroatoms. The van der Waals surface area contributed by atoms with E-state index in [-0.39, 0.29) is 11.6 Å². The van der Waals surface area contributed by atoms with Crippen molar-refractivity contribution >= 4 is 35.1 Å². The average Bonchev–Trinajstić information content (AvgIpc) is 2.61. The number of nitrogens with one attached hydrogen (secondary N) is 3. The molecular weight excluding hydrogens is 407 g/mol. The fourth-order valence-electron chi connectivity index (χ4n) is 2.57. The quantitative estimate of drug-likeness (QED) is 0.443. The highest BCUT2D eigenvalue weighted by atomic mass is 35.5. The predicted octanol–water partition coefficient (Wildman–Crippen LogP) is 6.09. The summed E-state index contributed by atoms with van der Waals surface area (Å²) in [6.07, 6.45) is -0.199. The Labute approximate surface area is 172 Å². The minimum Gasteiger partial charge on any atom is -0.370 e. The average molecular weight is 430 g/mol. The van der Waals surface area contributed by atoms with E-state index >= 15 is 0 Å². The van der Waals surface area contributed by atoms with Crippen molar-refractivity contribution in [2.24, 2.45) is 0 Å². The first-order valence-corrected chi connectivity index (χ1v) is 9.61. The van der Waals surface area contributed by atoms with Crippen molar-refractivity contribution in [2.45, 2.75) is 45.7 Å². The lowest BCUT2D eigenvalue weighted by molar-refractivity contribution is -0.137. The van der Waals surface area contributed by atoms with Crippen molar-refractivity contribution in [2.75, 3.05) is 22.5 Å². The van der Waals surface area contributed by atoms with E-state index in [4.69, 9.17) is 11.6 Å². The normalized spacial score (nSPS) is 11.2. The van der Waals surface area contributed by atoms with Crippen LogP contribution in [0, 0.1) is 6.92 Å². The summed E-state index contributed by atoms with van der Waals surface area (Å²) in [5.41, 5.74) is -0.448. The van der Waals surface area contributed by atoms with Crippen molar-refractivity contribution in [1.82, 2.24) is 9.97 Å². The number of nitrogens with zero attached hydrogens (tertiary/aromatic N) is 2. The molecule has 2 aromatic rings. The van der Waals surface area contributed by atoms with E-state index in [2.05, 4.69) is 32.8 Å². The monoisotopic (exact) mass is 429 g/mol. The zero-order valence-corrected chi connectivity index (χ0v) is 16.9. The fraction of sp³-hybridized carbons (Fsp3) is 0.421. The van der Waals surface area contributed by atoms with E-state index in [1.165, 1.54) is 6.07 Å². The Morgan fingerprint density at radius 3 is 2.55 bits per heavy atom. The molecule has 0 atom stereocenters. The number of unbranched alkanes of at least 4 members (excludes halogenated alkanes) is 3. The second kappa shape index (κ2) is 10.3. The maximum Gasteiger partial charge on any atom is 0.417 e. The molecule has 0 aliphatic rings. The molecule has 0 bridgehead atoms. The molecule has 6 nitrogen and oxygen atoms in total. The molecule has 0 aliphatic carbocycles. The van der Waals surface area contributed by atoms with E-state index in [0.29, 0.717) is 11.5 Å². The third-order valence-electron chi connectivity index (χ3n) is 3.95. The third-order valence-corrected chi connectivity index (χ3v) is 4.28. The zero-order valence-electron chi connectivity index (χ0n) is 16.2. The maximum atomic E-state index is 12.9. The summed E-state index contributed by atoms with van der Waals surface area (Å²) in [5.74, 6) is 0.610. The highest BCUT2D eigenvalue weighted by Crippen LogP contribution is 2.36. The Hall–Kier alpha value is -2.55. The number of benzene rings is 1. The van der Waals surface area contributed by atoms with Gasteiger partial charge in [-0.25, -0.2) is 9.78 Å². The van der Waals surface area contributed by atoms with Gasteiger partial charge in [0.15, 0.2) is 0 Å². The lowest BCUT2D eigenvalue weighted by Crippen LogP contribution is -2.22. The molecule has 1 aromatic carbocycles. The molecule has 3 N–H and O–H groups in total. The Morgan fingerprint density at radius 1 is 1.10 bits per heavy atom.